The van der Waals surface area contributed by atoms with E-state index >= 15 is 0 Å². The molecule has 0 aromatic carbocycles. The summed E-state index contributed by atoms with van der Waals surface area (Å²) in [6.45, 7) is 2.64. The van der Waals surface area contributed by atoms with Crippen molar-refractivity contribution in [3.8, 4) is 0 Å². The Hall–Kier alpha value is 0.0500. The number of hydrogen-bond acceptors (Lipinski definition) is 4. The predicted molar refractivity (Wildman–Crippen MR) is 77.4 cm³/mol. The smallest absolute Gasteiger partial charge is 0.252 e. The number of thiophene rings is 1. The molecule has 0 N–H and O–H groups in total. The second-order valence-electron chi connectivity index (χ2n) is 4.76. The maximum absolute atomic E-state index is 12.3. The fraction of sp³-hybridized carbons (Fsp3) is 0.636. The van der Waals surface area contributed by atoms with Gasteiger partial charge in [-0.3, -0.25) is 0 Å². The summed E-state index contributed by atoms with van der Waals surface area (Å²) in [5.41, 5.74) is 0. The normalized spacial score (nSPS) is 21.9. The Morgan fingerprint density at radius 2 is 2.28 bits per heavy atom. The minimum Gasteiger partial charge on any atom is -0.306 e. The first-order valence-corrected chi connectivity index (χ1v) is 8.85. The molecule has 2 heterocycles. The molecule has 1 fully saturated rings. The van der Waals surface area contributed by atoms with Crippen LogP contribution in [0.15, 0.2) is 20.1 Å². The summed E-state index contributed by atoms with van der Waals surface area (Å²) in [7, 11) is 0.422. The highest BCUT2D eigenvalue weighted by atomic mass is 79.9. The lowest BCUT2D eigenvalue weighted by Gasteiger charge is -2.20. The highest BCUT2D eigenvalue weighted by Crippen LogP contribution is 2.28. The maximum atomic E-state index is 12.3. The zero-order valence-electron chi connectivity index (χ0n) is 10.5. The summed E-state index contributed by atoms with van der Waals surface area (Å²) >= 11 is 4.56. The Morgan fingerprint density at radius 3 is 2.78 bits per heavy atom. The summed E-state index contributed by atoms with van der Waals surface area (Å²) in [5, 5.41) is 0. The van der Waals surface area contributed by atoms with Crippen molar-refractivity contribution >= 4 is 37.3 Å². The number of rotatable bonds is 4. The van der Waals surface area contributed by atoms with Gasteiger partial charge in [-0.15, -0.1) is 11.3 Å². The fourth-order valence-corrected chi connectivity index (χ4v) is 5.69. The van der Waals surface area contributed by atoms with Crippen molar-refractivity contribution in [1.29, 1.82) is 0 Å². The van der Waals surface area contributed by atoms with Gasteiger partial charge in [0.2, 0.25) is 0 Å². The van der Waals surface area contributed by atoms with Gasteiger partial charge in [0.25, 0.3) is 10.0 Å². The molecule has 0 saturated carbocycles. The molecule has 18 heavy (non-hydrogen) atoms. The number of halogens is 1. The third-order valence-corrected chi connectivity index (χ3v) is 7.13. The van der Waals surface area contributed by atoms with E-state index in [1.54, 1.807) is 19.2 Å². The third kappa shape index (κ3) is 3.14. The Balaban J connectivity index is 2.06. The second kappa shape index (κ2) is 5.58. The van der Waals surface area contributed by atoms with Crippen LogP contribution in [0.2, 0.25) is 0 Å². The molecular weight excluding hydrogens is 336 g/mol. The Labute approximate surface area is 121 Å². The lowest BCUT2D eigenvalue weighted by molar-refractivity contribution is 0.357. The molecule has 0 radical (unpaired) electrons. The number of hydrogen-bond donors (Lipinski definition) is 0. The summed E-state index contributed by atoms with van der Waals surface area (Å²) in [4.78, 5) is 2.24. The van der Waals surface area contributed by atoms with E-state index in [1.165, 1.54) is 15.6 Å². The second-order valence-corrected chi connectivity index (χ2v) is 9.50. The van der Waals surface area contributed by atoms with Crippen LogP contribution in [0.3, 0.4) is 0 Å². The van der Waals surface area contributed by atoms with Crippen molar-refractivity contribution in [2.75, 3.05) is 33.7 Å². The SMILES string of the molecule is CN1CCC(CN(C)S(=O)(=O)c2ccc(Br)s2)C1. The minimum absolute atomic E-state index is 0.406. The number of sulfonamides is 1. The highest BCUT2D eigenvalue weighted by Gasteiger charge is 2.27. The van der Waals surface area contributed by atoms with Crippen molar-refractivity contribution in [2.45, 2.75) is 10.6 Å². The van der Waals surface area contributed by atoms with Crippen molar-refractivity contribution in [2.24, 2.45) is 5.92 Å². The topological polar surface area (TPSA) is 40.6 Å². The molecule has 0 aliphatic carbocycles. The first kappa shape index (κ1) is 14.5. The van der Waals surface area contributed by atoms with Gasteiger partial charge in [-0.25, -0.2) is 8.42 Å². The standard InChI is InChI=1S/C11H17BrN2O2S2/c1-13-6-5-9(7-13)8-14(2)18(15,16)11-4-3-10(12)17-11/h3-4,9H,5-8H2,1-2H3. The summed E-state index contributed by atoms with van der Waals surface area (Å²) in [6, 6.07) is 3.43. The van der Waals surface area contributed by atoms with Crippen LogP contribution in [-0.4, -0.2) is 51.4 Å². The van der Waals surface area contributed by atoms with Crippen LogP contribution < -0.4 is 0 Å². The van der Waals surface area contributed by atoms with E-state index in [0.29, 0.717) is 16.7 Å². The van der Waals surface area contributed by atoms with Gasteiger partial charge >= 0.3 is 0 Å². The molecule has 0 spiro atoms. The van der Waals surface area contributed by atoms with Gasteiger partial charge in [0.15, 0.2) is 0 Å². The van der Waals surface area contributed by atoms with Crippen LogP contribution in [0.5, 0.6) is 0 Å². The molecule has 1 aliphatic heterocycles. The van der Waals surface area contributed by atoms with E-state index in [2.05, 4.69) is 27.9 Å². The van der Waals surface area contributed by atoms with Crippen molar-refractivity contribution in [3.63, 3.8) is 0 Å². The van der Waals surface area contributed by atoms with Gasteiger partial charge in [0, 0.05) is 20.1 Å². The number of likely N-dealkylation sites (tertiary alicyclic amines) is 1. The largest absolute Gasteiger partial charge is 0.306 e. The molecule has 0 amide bonds. The van der Waals surface area contributed by atoms with Gasteiger partial charge in [-0.2, -0.15) is 4.31 Å². The van der Waals surface area contributed by atoms with E-state index in [1.807, 2.05) is 0 Å². The van der Waals surface area contributed by atoms with Crippen molar-refractivity contribution < 1.29 is 8.42 Å². The lowest BCUT2D eigenvalue weighted by atomic mass is 10.1. The predicted octanol–water partition coefficient (Wildman–Crippen LogP) is 2.08. The van der Waals surface area contributed by atoms with E-state index in [0.717, 1.165) is 23.3 Å². The van der Waals surface area contributed by atoms with Crippen molar-refractivity contribution in [1.82, 2.24) is 9.21 Å². The molecule has 4 nitrogen and oxygen atoms in total. The molecule has 1 aliphatic rings. The number of nitrogens with zero attached hydrogens (tertiary/aromatic N) is 2. The molecule has 1 unspecified atom stereocenters. The van der Waals surface area contributed by atoms with Crippen LogP contribution in [-0.2, 0) is 10.0 Å². The van der Waals surface area contributed by atoms with E-state index in [4.69, 9.17) is 0 Å². The van der Waals surface area contributed by atoms with Gasteiger partial charge in [0.1, 0.15) is 4.21 Å². The van der Waals surface area contributed by atoms with Gasteiger partial charge < -0.3 is 4.90 Å². The molecule has 0 bridgehead atoms. The minimum atomic E-state index is -3.32. The van der Waals surface area contributed by atoms with Crippen LogP contribution in [0, 0.1) is 5.92 Å². The summed E-state index contributed by atoms with van der Waals surface area (Å²) < 4.78 is 27.4. The molecule has 1 aromatic heterocycles. The molecule has 1 aromatic rings. The average Bonchev–Trinajstić information content (AvgIpc) is 2.88. The molecule has 2 rings (SSSR count). The first-order valence-electron chi connectivity index (χ1n) is 5.80. The van der Waals surface area contributed by atoms with Crippen LogP contribution in [0.4, 0.5) is 0 Å². The molecular formula is C11H17BrN2O2S2. The molecule has 102 valence electrons. The van der Waals surface area contributed by atoms with E-state index in [9.17, 15) is 8.42 Å². The van der Waals surface area contributed by atoms with Gasteiger partial charge in [0.05, 0.1) is 3.79 Å². The average molecular weight is 353 g/mol. The van der Waals surface area contributed by atoms with E-state index < -0.39 is 10.0 Å². The highest BCUT2D eigenvalue weighted by molar-refractivity contribution is 9.11. The van der Waals surface area contributed by atoms with Crippen LogP contribution in [0.1, 0.15) is 6.42 Å². The van der Waals surface area contributed by atoms with Crippen LogP contribution in [0.25, 0.3) is 0 Å². The van der Waals surface area contributed by atoms with Gasteiger partial charge in [-0.1, -0.05) is 0 Å². The monoisotopic (exact) mass is 352 g/mol. The maximum Gasteiger partial charge on any atom is 0.252 e. The lowest BCUT2D eigenvalue weighted by Crippen LogP contribution is -2.32. The summed E-state index contributed by atoms with van der Waals surface area (Å²) in [5.74, 6) is 0.443. The Morgan fingerprint density at radius 1 is 1.56 bits per heavy atom. The van der Waals surface area contributed by atoms with Crippen LogP contribution >= 0.6 is 27.3 Å². The molecule has 1 atom stereocenters. The fourth-order valence-electron chi connectivity index (χ4n) is 2.23. The zero-order valence-corrected chi connectivity index (χ0v) is 13.7. The molecule has 7 heteroatoms. The third-order valence-electron chi connectivity index (χ3n) is 3.22. The first-order chi connectivity index (χ1) is 8.39. The Kier molecular flexibility index (Phi) is 4.48. The Bertz CT molecular complexity index is 515. The molecule has 1 saturated heterocycles. The quantitative estimate of drug-likeness (QED) is 0.832. The van der Waals surface area contributed by atoms with Gasteiger partial charge in [-0.05, 0) is 54.0 Å². The van der Waals surface area contributed by atoms with Crippen molar-refractivity contribution in [3.05, 3.63) is 15.9 Å². The van der Waals surface area contributed by atoms with E-state index in [-0.39, 0.29) is 0 Å². The zero-order chi connectivity index (χ0) is 13.3. The summed E-state index contributed by atoms with van der Waals surface area (Å²) in [6.07, 6.45) is 1.07.